The summed E-state index contributed by atoms with van der Waals surface area (Å²) in [5.41, 5.74) is 10.5. The maximum absolute atomic E-state index is 5.97. The highest BCUT2D eigenvalue weighted by Gasteiger charge is 2.16. The number of nitrogens with zero attached hydrogens (tertiary/aromatic N) is 3. The number of benzene rings is 1. The van der Waals surface area contributed by atoms with Crippen molar-refractivity contribution in [1.82, 2.24) is 20.2 Å². The zero-order valence-electron chi connectivity index (χ0n) is 14.2. The van der Waals surface area contributed by atoms with Gasteiger partial charge >= 0.3 is 0 Å². The van der Waals surface area contributed by atoms with Gasteiger partial charge in [-0.25, -0.2) is 9.98 Å². The summed E-state index contributed by atoms with van der Waals surface area (Å²) in [7, 11) is 0. The summed E-state index contributed by atoms with van der Waals surface area (Å²) in [4.78, 5) is 8.51. The van der Waals surface area contributed by atoms with Crippen molar-refractivity contribution in [3.63, 3.8) is 0 Å². The number of hydrogen-bond acceptors (Lipinski definition) is 5. The van der Waals surface area contributed by atoms with E-state index in [1.54, 1.807) is 6.20 Å². The van der Waals surface area contributed by atoms with Crippen LogP contribution in [0.3, 0.4) is 0 Å². The number of aliphatic imine (C=N–C) groups is 1. The van der Waals surface area contributed by atoms with E-state index in [9.17, 15) is 0 Å². The first kappa shape index (κ1) is 16.3. The summed E-state index contributed by atoms with van der Waals surface area (Å²) in [5.74, 6) is 0.445. The third-order valence-corrected chi connectivity index (χ3v) is 4.27. The highest BCUT2D eigenvalue weighted by molar-refractivity contribution is 5.88. The number of guanidine groups is 1. The number of aryl methyl sites for hydroxylation is 2. The van der Waals surface area contributed by atoms with Crippen LogP contribution in [0.5, 0.6) is 0 Å². The van der Waals surface area contributed by atoms with Crippen molar-refractivity contribution < 1.29 is 0 Å². The molecule has 1 aliphatic heterocycles. The largest absolute Gasteiger partial charge is 0.370 e. The second kappa shape index (κ2) is 7.31. The molecule has 1 unspecified atom stereocenters. The Balaban J connectivity index is 1.63. The van der Waals surface area contributed by atoms with E-state index in [1.807, 2.05) is 12.5 Å². The van der Waals surface area contributed by atoms with Crippen molar-refractivity contribution in [2.45, 2.75) is 33.0 Å². The molecule has 0 bridgehead atoms. The van der Waals surface area contributed by atoms with Gasteiger partial charge in [-0.3, -0.25) is 5.32 Å². The van der Waals surface area contributed by atoms with Crippen molar-refractivity contribution >= 4 is 11.7 Å². The van der Waals surface area contributed by atoms with E-state index in [-0.39, 0.29) is 6.17 Å². The number of hydrogen-bond donors (Lipinski definition) is 3. The highest BCUT2D eigenvalue weighted by atomic mass is 15.2. The van der Waals surface area contributed by atoms with Crippen LogP contribution in [0.4, 0.5) is 0 Å². The molecule has 1 aromatic carbocycles. The topological polar surface area (TPSA) is 80.3 Å². The molecule has 2 aromatic rings. The average molecular weight is 324 g/mol. The molecule has 0 aliphatic carbocycles. The van der Waals surface area contributed by atoms with E-state index in [2.05, 4.69) is 63.3 Å². The minimum Gasteiger partial charge on any atom is -0.370 e. The van der Waals surface area contributed by atoms with Crippen molar-refractivity contribution in [3.8, 4) is 0 Å². The molecule has 6 heteroatoms. The van der Waals surface area contributed by atoms with Crippen molar-refractivity contribution in [2.24, 2.45) is 10.7 Å². The molecule has 126 valence electrons. The van der Waals surface area contributed by atoms with E-state index < -0.39 is 0 Å². The lowest BCUT2D eigenvalue weighted by atomic mass is 10.00. The lowest BCUT2D eigenvalue weighted by Gasteiger charge is -2.23. The zero-order valence-corrected chi connectivity index (χ0v) is 14.2. The van der Waals surface area contributed by atoms with Crippen molar-refractivity contribution in [2.75, 3.05) is 6.54 Å². The van der Waals surface area contributed by atoms with Crippen LogP contribution in [0.15, 0.2) is 48.0 Å². The predicted octanol–water partition coefficient (Wildman–Crippen LogP) is 1.76. The van der Waals surface area contributed by atoms with Gasteiger partial charge in [0.05, 0.1) is 12.0 Å². The van der Waals surface area contributed by atoms with Gasteiger partial charge in [-0.2, -0.15) is 0 Å². The minimum atomic E-state index is -0.0137. The van der Waals surface area contributed by atoms with Gasteiger partial charge in [-0.05, 0) is 44.0 Å². The van der Waals surface area contributed by atoms with Gasteiger partial charge in [0.25, 0.3) is 0 Å². The van der Waals surface area contributed by atoms with Gasteiger partial charge in [-0.15, -0.1) is 0 Å². The molecule has 0 radical (unpaired) electrons. The van der Waals surface area contributed by atoms with Crippen LogP contribution in [0.2, 0.25) is 0 Å². The number of aromatic nitrogens is 2. The minimum absolute atomic E-state index is 0.0137. The predicted molar refractivity (Wildman–Crippen MR) is 97.3 cm³/mol. The summed E-state index contributed by atoms with van der Waals surface area (Å²) in [6, 6.07) is 6.26. The molecule has 6 nitrogen and oxygen atoms in total. The average Bonchev–Trinajstić information content (AvgIpc) is 3.07. The Labute approximate surface area is 142 Å². The van der Waals surface area contributed by atoms with Gasteiger partial charge < -0.3 is 15.6 Å². The molecule has 1 atom stereocenters. The third-order valence-electron chi connectivity index (χ3n) is 4.27. The number of nitrogens with two attached hydrogens (primary N) is 1. The molecule has 3 rings (SSSR count). The number of imidazole rings is 1. The molecule has 0 saturated carbocycles. The van der Waals surface area contributed by atoms with Crippen LogP contribution in [0.25, 0.3) is 5.70 Å². The Hall–Kier alpha value is -2.60. The second-order valence-corrected chi connectivity index (χ2v) is 6.03. The monoisotopic (exact) mass is 324 g/mol. The Morgan fingerprint density at radius 1 is 1.33 bits per heavy atom. The van der Waals surface area contributed by atoms with E-state index in [0.29, 0.717) is 5.96 Å². The molecule has 1 aromatic heterocycles. The Morgan fingerprint density at radius 2 is 2.21 bits per heavy atom. The summed E-state index contributed by atoms with van der Waals surface area (Å²) >= 11 is 0. The standard InChI is InChI=1S/C18H24N6/c1-13-5-3-6-15(14(13)2)16-11-17(23-18(19)22-16)21-7-4-9-24-10-8-20-12-24/h3,5-6,8,10-12,17,21H,4,7,9H2,1-2H3,(H3,19,22,23). The molecule has 0 saturated heterocycles. The summed E-state index contributed by atoms with van der Waals surface area (Å²) in [6.07, 6.45) is 8.70. The molecule has 2 heterocycles. The van der Waals surface area contributed by atoms with E-state index in [4.69, 9.17) is 5.73 Å². The first-order valence-electron chi connectivity index (χ1n) is 8.22. The molecule has 4 N–H and O–H groups in total. The Morgan fingerprint density at radius 3 is 3.00 bits per heavy atom. The van der Waals surface area contributed by atoms with Crippen LogP contribution in [0, 0.1) is 13.8 Å². The van der Waals surface area contributed by atoms with E-state index >= 15 is 0 Å². The lowest BCUT2D eigenvalue weighted by Crippen LogP contribution is -2.49. The third kappa shape index (κ3) is 3.83. The molecule has 0 spiro atoms. The van der Waals surface area contributed by atoms with Gasteiger partial charge in [-0.1, -0.05) is 18.2 Å². The molecular formula is C18H24N6. The number of nitrogens with one attached hydrogen (secondary N) is 2. The fourth-order valence-corrected chi connectivity index (χ4v) is 2.78. The van der Waals surface area contributed by atoms with Gasteiger partial charge in [0.15, 0.2) is 5.96 Å². The Bertz CT molecular complexity index is 745. The zero-order chi connectivity index (χ0) is 16.9. The van der Waals surface area contributed by atoms with Crippen molar-refractivity contribution in [1.29, 1.82) is 0 Å². The maximum Gasteiger partial charge on any atom is 0.195 e. The second-order valence-electron chi connectivity index (χ2n) is 6.03. The lowest BCUT2D eigenvalue weighted by molar-refractivity contribution is 0.519. The molecule has 0 fully saturated rings. The maximum atomic E-state index is 5.97. The highest BCUT2D eigenvalue weighted by Crippen LogP contribution is 2.24. The molecule has 1 aliphatic rings. The molecule has 24 heavy (non-hydrogen) atoms. The van der Waals surface area contributed by atoms with Crippen LogP contribution < -0.4 is 16.4 Å². The molecular weight excluding hydrogens is 300 g/mol. The van der Waals surface area contributed by atoms with Gasteiger partial charge in [0, 0.05) is 24.5 Å². The Kier molecular flexibility index (Phi) is 4.96. The summed E-state index contributed by atoms with van der Waals surface area (Å²) in [6.45, 7) is 6.04. The van der Waals surface area contributed by atoms with E-state index in [0.717, 1.165) is 30.8 Å². The molecule has 0 amide bonds. The van der Waals surface area contributed by atoms with Crippen LogP contribution >= 0.6 is 0 Å². The van der Waals surface area contributed by atoms with Crippen LogP contribution in [-0.2, 0) is 6.54 Å². The summed E-state index contributed by atoms with van der Waals surface area (Å²) < 4.78 is 2.07. The van der Waals surface area contributed by atoms with Crippen LogP contribution in [-0.4, -0.2) is 28.2 Å². The van der Waals surface area contributed by atoms with Gasteiger partial charge in [0.1, 0.15) is 6.17 Å². The van der Waals surface area contributed by atoms with Gasteiger partial charge in [0.2, 0.25) is 0 Å². The first-order chi connectivity index (χ1) is 11.6. The summed E-state index contributed by atoms with van der Waals surface area (Å²) in [5, 5.41) is 6.63. The van der Waals surface area contributed by atoms with Crippen LogP contribution in [0.1, 0.15) is 23.1 Å². The quantitative estimate of drug-likeness (QED) is 0.708. The normalized spacial score (nSPS) is 17.2. The first-order valence-corrected chi connectivity index (χ1v) is 8.22. The van der Waals surface area contributed by atoms with E-state index in [1.165, 1.54) is 11.1 Å². The SMILES string of the molecule is Cc1cccc(C2=CC(NCCCn3ccnc3)NC(N)=N2)c1C. The number of rotatable bonds is 6. The van der Waals surface area contributed by atoms with Crippen molar-refractivity contribution in [3.05, 3.63) is 59.7 Å². The fourth-order valence-electron chi connectivity index (χ4n) is 2.78. The fraction of sp³-hybridized carbons (Fsp3) is 0.333. The smallest absolute Gasteiger partial charge is 0.195 e.